The van der Waals surface area contributed by atoms with E-state index >= 15 is 0 Å². The SMILES string of the molecule is CN(C/C=C/C(=O)O)CCC1CCN(C)C1. The Hall–Kier alpha value is -0.870. The number of aliphatic carboxylic acids is 1. The predicted octanol–water partition coefficient (Wildman–Crippen LogP) is 0.901. The number of hydrogen-bond donors (Lipinski definition) is 1. The third-order valence-electron chi connectivity index (χ3n) is 3.09. The molecular formula is C12H22N2O2. The van der Waals surface area contributed by atoms with Crippen molar-refractivity contribution in [3.8, 4) is 0 Å². The number of rotatable bonds is 6. The molecule has 0 aliphatic carbocycles. The van der Waals surface area contributed by atoms with Gasteiger partial charge in [0.05, 0.1) is 0 Å². The van der Waals surface area contributed by atoms with E-state index in [-0.39, 0.29) is 0 Å². The smallest absolute Gasteiger partial charge is 0.328 e. The summed E-state index contributed by atoms with van der Waals surface area (Å²) in [5.41, 5.74) is 0. The maximum Gasteiger partial charge on any atom is 0.328 e. The van der Waals surface area contributed by atoms with Gasteiger partial charge in [0.25, 0.3) is 0 Å². The summed E-state index contributed by atoms with van der Waals surface area (Å²) in [5, 5.41) is 8.45. The minimum Gasteiger partial charge on any atom is -0.478 e. The van der Waals surface area contributed by atoms with Gasteiger partial charge in [-0.3, -0.25) is 0 Å². The molecule has 0 aromatic carbocycles. The fourth-order valence-corrected chi connectivity index (χ4v) is 2.09. The standard InChI is InChI=1S/C12H22N2O2/c1-13(7-3-4-12(15)16)8-5-11-6-9-14(2)10-11/h3-4,11H,5-10H2,1-2H3,(H,15,16)/b4-3+. The van der Waals surface area contributed by atoms with Gasteiger partial charge in [0.1, 0.15) is 0 Å². The highest BCUT2D eigenvalue weighted by Crippen LogP contribution is 2.17. The van der Waals surface area contributed by atoms with Crippen LogP contribution in [0, 0.1) is 5.92 Å². The molecule has 16 heavy (non-hydrogen) atoms. The van der Waals surface area contributed by atoms with Crippen molar-refractivity contribution in [1.29, 1.82) is 0 Å². The number of carboxylic acids is 1. The molecule has 0 saturated carbocycles. The van der Waals surface area contributed by atoms with E-state index in [0.29, 0.717) is 0 Å². The van der Waals surface area contributed by atoms with Gasteiger partial charge in [0.2, 0.25) is 0 Å². The topological polar surface area (TPSA) is 43.8 Å². The lowest BCUT2D eigenvalue weighted by atomic mass is 10.1. The molecule has 4 heteroatoms. The Bertz CT molecular complexity index is 253. The molecule has 1 heterocycles. The van der Waals surface area contributed by atoms with Crippen LogP contribution in [0.1, 0.15) is 12.8 Å². The number of likely N-dealkylation sites (tertiary alicyclic amines) is 1. The number of nitrogens with zero attached hydrogens (tertiary/aromatic N) is 2. The third kappa shape index (κ3) is 5.28. The lowest BCUT2D eigenvalue weighted by Crippen LogP contribution is -2.23. The van der Waals surface area contributed by atoms with Gasteiger partial charge in [-0.25, -0.2) is 4.79 Å². The molecule has 0 aromatic rings. The first-order valence-electron chi connectivity index (χ1n) is 5.84. The minimum atomic E-state index is -0.870. The molecule has 0 radical (unpaired) electrons. The van der Waals surface area contributed by atoms with Gasteiger partial charge in [-0.15, -0.1) is 0 Å². The molecule has 0 amide bonds. The highest BCUT2D eigenvalue weighted by atomic mass is 16.4. The maximum absolute atomic E-state index is 10.3. The zero-order chi connectivity index (χ0) is 12.0. The number of hydrogen-bond acceptors (Lipinski definition) is 3. The Morgan fingerprint density at radius 1 is 1.62 bits per heavy atom. The summed E-state index contributed by atoms with van der Waals surface area (Å²) < 4.78 is 0. The summed E-state index contributed by atoms with van der Waals surface area (Å²) in [7, 11) is 4.20. The molecular weight excluding hydrogens is 204 g/mol. The predicted molar refractivity (Wildman–Crippen MR) is 64.5 cm³/mol. The molecule has 1 N–H and O–H groups in total. The average molecular weight is 226 g/mol. The van der Waals surface area contributed by atoms with E-state index in [1.807, 2.05) is 7.05 Å². The third-order valence-corrected chi connectivity index (χ3v) is 3.09. The monoisotopic (exact) mass is 226 g/mol. The van der Waals surface area contributed by atoms with Gasteiger partial charge < -0.3 is 14.9 Å². The quantitative estimate of drug-likeness (QED) is 0.683. The average Bonchev–Trinajstić information content (AvgIpc) is 2.61. The van der Waals surface area contributed by atoms with Crippen molar-refractivity contribution in [3.05, 3.63) is 12.2 Å². The molecule has 1 atom stereocenters. The Balaban J connectivity index is 2.10. The molecule has 1 aliphatic rings. The van der Waals surface area contributed by atoms with Crippen LogP contribution in [0.2, 0.25) is 0 Å². The van der Waals surface area contributed by atoms with E-state index in [2.05, 4.69) is 16.8 Å². The number of carbonyl (C=O) groups is 1. The highest BCUT2D eigenvalue weighted by molar-refractivity contribution is 5.79. The minimum absolute atomic E-state index is 0.717. The fraction of sp³-hybridized carbons (Fsp3) is 0.750. The summed E-state index contributed by atoms with van der Waals surface area (Å²) >= 11 is 0. The van der Waals surface area contributed by atoms with E-state index in [1.54, 1.807) is 6.08 Å². The van der Waals surface area contributed by atoms with Crippen molar-refractivity contribution in [1.82, 2.24) is 9.80 Å². The van der Waals surface area contributed by atoms with Gasteiger partial charge in [-0.05, 0) is 45.9 Å². The second kappa shape index (κ2) is 6.66. The summed E-state index contributed by atoms with van der Waals surface area (Å²) in [4.78, 5) is 14.8. The second-order valence-electron chi connectivity index (χ2n) is 4.71. The molecule has 1 fully saturated rings. The van der Waals surface area contributed by atoms with E-state index in [0.717, 1.165) is 19.0 Å². The van der Waals surface area contributed by atoms with Crippen LogP contribution in [0.5, 0.6) is 0 Å². The Kier molecular flexibility index (Phi) is 5.49. The van der Waals surface area contributed by atoms with E-state index in [1.165, 1.54) is 32.0 Å². The van der Waals surface area contributed by atoms with Gasteiger partial charge >= 0.3 is 5.97 Å². The van der Waals surface area contributed by atoms with Crippen LogP contribution in [0.25, 0.3) is 0 Å². The molecule has 1 saturated heterocycles. The lowest BCUT2D eigenvalue weighted by Gasteiger charge is -2.17. The lowest BCUT2D eigenvalue weighted by molar-refractivity contribution is -0.131. The molecule has 1 unspecified atom stereocenters. The summed E-state index contributed by atoms with van der Waals surface area (Å²) in [6.45, 7) is 4.18. The van der Waals surface area contributed by atoms with Crippen molar-refractivity contribution >= 4 is 5.97 Å². The molecule has 0 spiro atoms. The van der Waals surface area contributed by atoms with Crippen LogP contribution >= 0.6 is 0 Å². The van der Waals surface area contributed by atoms with Crippen LogP contribution < -0.4 is 0 Å². The van der Waals surface area contributed by atoms with Crippen molar-refractivity contribution in [3.63, 3.8) is 0 Å². The molecule has 4 nitrogen and oxygen atoms in total. The van der Waals surface area contributed by atoms with Crippen molar-refractivity contribution in [2.45, 2.75) is 12.8 Å². The van der Waals surface area contributed by atoms with Crippen molar-refractivity contribution < 1.29 is 9.90 Å². The van der Waals surface area contributed by atoms with Crippen LogP contribution in [0.4, 0.5) is 0 Å². The normalized spacial score (nSPS) is 22.3. The first kappa shape index (κ1) is 13.2. The first-order valence-corrected chi connectivity index (χ1v) is 5.84. The highest BCUT2D eigenvalue weighted by Gasteiger charge is 2.18. The fourth-order valence-electron chi connectivity index (χ4n) is 2.09. The Labute approximate surface area is 97.5 Å². The van der Waals surface area contributed by atoms with E-state index in [4.69, 9.17) is 5.11 Å². The zero-order valence-corrected chi connectivity index (χ0v) is 10.2. The summed E-state index contributed by atoms with van der Waals surface area (Å²) in [6.07, 6.45) is 5.42. The molecule has 0 aromatic heterocycles. The van der Waals surface area contributed by atoms with Crippen LogP contribution in [-0.4, -0.2) is 61.2 Å². The number of carboxylic acid groups (broad SMARTS) is 1. The molecule has 0 bridgehead atoms. The number of likely N-dealkylation sites (N-methyl/N-ethyl adjacent to an activating group) is 1. The van der Waals surface area contributed by atoms with Gasteiger partial charge in [0.15, 0.2) is 0 Å². The van der Waals surface area contributed by atoms with Gasteiger partial charge in [-0.2, -0.15) is 0 Å². The van der Waals surface area contributed by atoms with Crippen molar-refractivity contribution in [2.24, 2.45) is 5.92 Å². The van der Waals surface area contributed by atoms with Gasteiger partial charge in [0, 0.05) is 19.2 Å². The summed E-state index contributed by atoms with van der Waals surface area (Å²) in [5.74, 6) is -0.0540. The van der Waals surface area contributed by atoms with Gasteiger partial charge in [-0.1, -0.05) is 6.08 Å². The van der Waals surface area contributed by atoms with Crippen LogP contribution in [-0.2, 0) is 4.79 Å². The largest absolute Gasteiger partial charge is 0.478 e. The first-order chi connectivity index (χ1) is 7.58. The van der Waals surface area contributed by atoms with E-state index in [9.17, 15) is 4.79 Å². The maximum atomic E-state index is 10.3. The van der Waals surface area contributed by atoms with E-state index < -0.39 is 5.97 Å². The van der Waals surface area contributed by atoms with Crippen LogP contribution in [0.3, 0.4) is 0 Å². The van der Waals surface area contributed by atoms with Crippen LogP contribution in [0.15, 0.2) is 12.2 Å². The molecule has 1 aliphatic heterocycles. The molecule has 92 valence electrons. The summed E-state index contributed by atoms with van der Waals surface area (Å²) in [6, 6.07) is 0. The Morgan fingerprint density at radius 2 is 2.38 bits per heavy atom. The Morgan fingerprint density at radius 3 is 2.94 bits per heavy atom. The van der Waals surface area contributed by atoms with Crippen molar-refractivity contribution in [2.75, 3.05) is 40.3 Å². The second-order valence-corrected chi connectivity index (χ2v) is 4.71. The zero-order valence-electron chi connectivity index (χ0n) is 10.2. The molecule has 1 rings (SSSR count).